The molecule has 5 rings (SSSR count). The topological polar surface area (TPSA) is 94.5 Å². The van der Waals surface area contributed by atoms with Gasteiger partial charge in [0.1, 0.15) is 11.0 Å². The summed E-state index contributed by atoms with van der Waals surface area (Å²) in [5.74, 6) is 0.507. The Hall–Kier alpha value is -2.62. The van der Waals surface area contributed by atoms with Gasteiger partial charge in [0.2, 0.25) is 15.9 Å². The standard InChI is InChI=1S/C22H24N4O4S/c27-31(28,19-5-1-3-17-4-2-9-25-21(17)19)26-12-7-22(8-13-26)15-18(6-14-29-22)30-20-16-23-10-11-24-20/h1-5,9-11,16,18H,6-8,12-15H2. The zero-order valence-electron chi connectivity index (χ0n) is 17.1. The number of fused-ring (bicyclic) bond motifs is 1. The number of aromatic nitrogens is 3. The molecule has 1 unspecified atom stereocenters. The van der Waals surface area contributed by atoms with Crippen LogP contribution in [0.3, 0.4) is 0 Å². The van der Waals surface area contributed by atoms with E-state index in [1.165, 1.54) is 0 Å². The summed E-state index contributed by atoms with van der Waals surface area (Å²) in [5.41, 5.74) is 0.144. The molecule has 2 aliphatic rings. The minimum absolute atomic E-state index is 0.0177. The van der Waals surface area contributed by atoms with Crippen molar-refractivity contribution in [2.75, 3.05) is 19.7 Å². The molecular formula is C22H24N4O4S. The van der Waals surface area contributed by atoms with Gasteiger partial charge in [0.05, 0.1) is 23.9 Å². The molecule has 0 bridgehead atoms. The molecule has 2 aliphatic heterocycles. The predicted molar refractivity (Wildman–Crippen MR) is 114 cm³/mol. The van der Waals surface area contributed by atoms with Crippen molar-refractivity contribution in [3.8, 4) is 5.88 Å². The number of hydrogen-bond acceptors (Lipinski definition) is 7. The van der Waals surface area contributed by atoms with E-state index in [0.717, 1.165) is 11.8 Å². The van der Waals surface area contributed by atoms with Crippen LogP contribution in [-0.4, -0.2) is 59.1 Å². The van der Waals surface area contributed by atoms with Gasteiger partial charge < -0.3 is 9.47 Å². The summed E-state index contributed by atoms with van der Waals surface area (Å²) in [5, 5.41) is 0.816. The number of pyridine rings is 1. The van der Waals surface area contributed by atoms with Crippen molar-refractivity contribution in [3.05, 3.63) is 55.1 Å². The van der Waals surface area contributed by atoms with Gasteiger partial charge in [-0.25, -0.2) is 13.4 Å². The van der Waals surface area contributed by atoms with Crippen LogP contribution in [0.2, 0.25) is 0 Å². The van der Waals surface area contributed by atoms with Gasteiger partial charge in [-0.15, -0.1) is 0 Å². The van der Waals surface area contributed by atoms with E-state index < -0.39 is 10.0 Å². The highest BCUT2D eigenvalue weighted by atomic mass is 32.2. The lowest BCUT2D eigenvalue weighted by molar-refractivity contribution is -0.133. The van der Waals surface area contributed by atoms with E-state index in [-0.39, 0.29) is 16.6 Å². The summed E-state index contributed by atoms with van der Waals surface area (Å²) in [7, 11) is -3.64. The van der Waals surface area contributed by atoms with Gasteiger partial charge >= 0.3 is 0 Å². The normalized spacial score (nSPS) is 21.9. The van der Waals surface area contributed by atoms with Gasteiger partial charge in [-0.2, -0.15) is 4.31 Å². The van der Waals surface area contributed by atoms with Crippen molar-refractivity contribution in [1.29, 1.82) is 0 Å². The minimum atomic E-state index is -3.64. The summed E-state index contributed by atoms with van der Waals surface area (Å²) < 4.78 is 40.5. The van der Waals surface area contributed by atoms with Crippen LogP contribution in [0.25, 0.3) is 10.9 Å². The van der Waals surface area contributed by atoms with Crippen molar-refractivity contribution < 1.29 is 17.9 Å². The largest absolute Gasteiger partial charge is 0.473 e. The van der Waals surface area contributed by atoms with Crippen LogP contribution < -0.4 is 4.74 Å². The molecule has 8 nitrogen and oxygen atoms in total. The highest BCUT2D eigenvalue weighted by Gasteiger charge is 2.43. The summed E-state index contributed by atoms with van der Waals surface area (Å²) >= 11 is 0. The van der Waals surface area contributed by atoms with E-state index >= 15 is 0 Å². The maximum Gasteiger partial charge on any atom is 0.245 e. The number of ether oxygens (including phenoxy) is 2. The van der Waals surface area contributed by atoms with Gasteiger partial charge in [-0.3, -0.25) is 9.97 Å². The Morgan fingerprint density at radius 3 is 2.71 bits per heavy atom. The summed E-state index contributed by atoms with van der Waals surface area (Å²) in [6, 6.07) is 8.96. The molecule has 0 amide bonds. The first-order valence-corrected chi connectivity index (χ1v) is 11.9. The van der Waals surface area contributed by atoms with Crippen molar-refractivity contribution in [1.82, 2.24) is 19.3 Å². The SMILES string of the molecule is O=S(=O)(c1cccc2cccnc12)N1CCC2(CC1)CC(Oc1cnccn1)CCO2. The van der Waals surface area contributed by atoms with Gasteiger partial charge in [0.15, 0.2) is 0 Å². The zero-order chi connectivity index (χ0) is 21.3. The Morgan fingerprint density at radius 2 is 1.90 bits per heavy atom. The van der Waals surface area contributed by atoms with Crippen LogP contribution in [0, 0.1) is 0 Å². The summed E-state index contributed by atoms with van der Waals surface area (Å²) in [6.07, 6.45) is 9.19. The molecule has 4 heterocycles. The number of para-hydroxylation sites is 1. The second-order valence-electron chi connectivity index (χ2n) is 8.04. The van der Waals surface area contributed by atoms with Crippen molar-refractivity contribution in [2.45, 2.75) is 42.3 Å². The van der Waals surface area contributed by atoms with E-state index in [1.807, 2.05) is 18.2 Å². The first kappa shape index (κ1) is 20.3. The molecule has 2 aromatic heterocycles. The number of benzene rings is 1. The number of sulfonamides is 1. The second kappa shape index (κ2) is 8.14. The molecule has 162 valence electrons. The smallest absolute Gasteiger partial charge is 0.245 e. The second-order valence-corrected chi connectivity index (χ2v) is 9.95. The molecule has 2 saturated heterocycles. The molecular weight excluding hydrogens is 416 g/mol. The molecule has 2 fully saturated rings. The van der Waals surface area contributed by atoms with Gasteiger partial charge in [0.25, 0.3) is 0 Å². The van der Waals surface area contributed by atoms with E-state index in [9.17, 15) is 8.42 Å². The number of nitrogens with zero attached hydrogens (tertiary/aromatic N) is 4. The molecule has 0 radical (unpaired) electrons. The Morgan fingerprint density at radius 1 is 1.06 bits per heavy atom. The van der Waals surface area contributed by atoms with E-state index in [0.29, 0.717) is 50.4 Å². The fourth-order valence-corrected chi connectivity index (χ4v) is 6.11. The van der Waals surface area contributed by atoms with E-state index in [1.54, 1.807) is 41.2 Å². The van der Waals surface area contributed by atoms with Crippen LogP contribution in [0.4, 0.5) is 0 Å². The fraction of sp³-hybridized carbons (Fsp3) is 0.409. The molecule has 0 N–H and O–H groups in total. The lowest BCUT2D eigenvalue weighted by atomic mass is 9.84. The fourth-order valence-electron chi connectivity index (χ4n) is 4.51. The van der Waals surface area contributed by atoms with E-state index in [2.05, 4.69) is 15.0 Å². The third kappa shape index (κ3) is 4.00. The number of rotatable bonds is 4. The first-order valence-electron chi connectivity index (χ1n) is 10.5. The average Bonchev–Trinajstić information content (AvgIpc) is 2.80. The molecule has 1 atom stereocenters. The van der Waals surface area contributed by atoms with Crippen LogP contribution in [0.5, 0.6) is 5.88 Å². The van der Waals surface area contributed by atoms with Gasteiger partial charge in [-0.05, 0) is 25.0 Å². The van der Waals surface area contributed by atoms with E-state index in [4.69, 9.17) is 9.47 Å². The molecule has 1 aromatic carbocycles. The quantitative estimate of drug-likeness (QED) is 0.616. The van der Waals surface area contributed by atoms with Crippen LogP contribution in [0.15, 0.2) is 60.0 Å². The molecule has 0 aliphatic carbocycles. The molecule has 9 heteroatoms. The molecule has 3 aromatic rings. The van der Waals surface area contributed by atoms with Crippen LogP contribution in [0.1, 0.15) is 25.7 Å². The summed E-state index contributed by atoms with van der Waals surface area (Å²) in [4.78, 5) is 12.8. The predicted octanol–water partition coefficient (Wildman–Crippen LogP) is 2.81. The third-order valence-electron chi connectivity index (χ3n) is 6.12. The Labute approximate surface area is 181 Å². The van der Waals surface area contributed by atoms with Gasteiger partial charge in [-0.1, -0.05) is 18.2 Å². The highest BCUT2D eigenvalue weighted by Crippen LogP contribution is 2.38. The lowest BCUT2D eigenvalue weighted by Crippen LogP contribution is -2.52. The van der Waals surface area contributed by atoms with Crippen molar-refractivity contribution in [2.24, 2.45) is 0 Å². The number of hydrogen-bond donors (Lipinski definition) is 0. The molecule has 1 spiro atoms. The van der Waals surface area contributed by atoms with Crippen LogP contribution >= 0.6 is 0 Å². The maximum absolute atomic E-state index is 13.4. The molecule has 31 heavy (non-hydrogen) atoms. The van der Waals surface area contributed by atoms with Crippen molar-refractivity contribution in [3.63, 3.8) is 0 Å². The Balaban J connectivity index is 1.30. The van der Waals surface area contributed by atoms with Crippen LogP contribution in [-0.2, 0) is 14.8 Å². The number of piperidine rings is 1. The Kier molecular flexibility index (Phi) is 5.33. The molecule has 0 saturated carbocycles. The first-order chi connectivity index (χ1) is 15.1. The minimum Gasteiger partial charge on any atom is -0.473 e. The summed E-state index contributed by atoms with van der Waals surface area (Å²) in [6.45, 7) is 1.40. The average molecular weight is 441 g/mol. The van der Waals surface area contributed by atoms with Crippen molar-refractivity contribution >= 4 is 20.9 Å². The van der Waals surface area contributed by atoms with Gasteiger partial charge in [0, 0.05) is 49.9 Å². The highest BCUT2D eigenvalue weighted by molar-refractivity contribution is 7.89. The Bertz CT molecular complexity index is 1160. The lowest BCUT2D eigenvalue weighted by Gasteiger charge is -2.45. The monoisotopic (exact) mass is 440 g/mol. The third-order valence-corrected chi connectivity index (χ3v) is 8.05. The zero-order valence-corrected chi connectivity index (χ0v) is 17.9. The maximum atomic E-state index is 13.4.